The van der Waals surface area contributed by atoms with Crippen molar-refractivity contribution in [1.29, 1.82) is 0 Å². The number of rotatable bonds is 3. The highest BCUT2D eigenvalue weighted by Gasteiger charge is 2.70. The molecule has 0 spiro atoms. The topological polar surface area (TPSA) is 26.0 Å². The van der Waals surface area contributed by atoms with Crippen molar-refractivity contribution in [2.45, 2.75) is 62.8 Å². The van der Waals surface area contributed by atoms with Crippen LogP contribution in [0.15, 0.2) is 30.3 Å². The van der Waals surface area contributed by atoms with Crippen molar-refractivity contribution in [1.82, 2.24) is 0 Å². The molecule has 20 heavy (non-hydrogen) atoms. The molecule has 1 aromatic rings. The van der Waals surface area contributed by atoms with E-state index in [2.05, 4.69) is 30.3 Å². The second kappa shape index (κ2) is 5.03. The standard InChI is InChI=1S/C18H25N.ClH/c19-16(14-7-3-1-4-8-14)18-11-17(12-18,13-18)15-9-5-2-6-10-15;/h2,5-6,9-10,14,16H,1,3-4,7-8,11-13,19H2;1H. The molecule has 0 aliphatic heterocycles. The Morgan fingerprint density at radius 3 is 2.15 bits per heavy atom. The summed E-state index contributed by atoms with van der Waals surface area (Å²) >= 11 is 0. The zero-order valence-electron chi connectivity index (χ0n) is 12.2. The van der Waals surface area contributed by atoms with Gasteiger partial charge in [0.15, 0.2) is 0 Å². The fourth-order valence-corrected chi connectivity index (χ4v) is 5.31. The van der Waals surface area contributed by atoms with Crippen LogP contribution < -0.4 is 5.73 Å². The van der Waals surface area contributed by atoms with Crippen LogP contribution in [0.3, 0.4) is 0 Å². The zero-order valence-corrected chi connectivity index (χ0v) is 13.0. The van der Waals surface area contributed by atoms with E-state index in [0.717, 1.165) is 5.92 Å². The van der Waals surface area contributed by atoms with Gasteiger partial charge in [-0.05, 0) is 54.4 Å². The quantitative estimate of drug-likeness (QED) is 0.875. The van der Waals surface area contributed by atoms with Gasteiger partial charge in [0.25, 0.3) is 0 Å². The van der Waals surface area contributed by atoms with E-state index >= 15 is 0 Å². The van der Waals surface area contributed by atoms with Crippen LogP contribution >= 0.6 is 12.4 Å². The predicted octanol–water partition coefficient (Wildman–Crippen LogP) is 4.44. The maximum Gasteiger partial charge on any atom is 0.0125 e. The SMILES string of the molecule is Cl.NC(C1CCCCC1)C12CC(c3ccccc3)(C1)C2. The number of hydrogen-bond donors (Lipinski definition) is 1. The third kappa shape index (κ3) is 1.94. The molecule has 4 fully saturated rings. The Kier molecular flexibility index (Phi) is 3.63. The molecule has 4 saturated carbocycles. The Bertz CT molecular complexity index is 444. The Hall–Kier alpha value is -0.530. The van der Waals surface area contributed by atoms with Crippen LogP contribution in [0.5, 0.6) is 0 Å². The average Bonchev–Trinajstić information content (AvgIpc) is 2.38. The smallest absolute Gasteiger partial charge is 0.0125 e. The van der Waals surface area contributed by atoms with Crippen LogP contribution in [0.2, 0.25) is 0 Å². The summed E-state index contributed by atoms with van der Waals surface area (Å²) in [6.45, 7) is 0. The molecule has 4 aliphatic carbocycles. The first-order valence-corrected chi connectivity index (χ1v) is 8.05. The lowest BCUT2D eigenvalue weighted by molar-refractivity contribution is -0.169. The summed E-state index contributed by atoms with van der Waals surface area (Å²) in [5.74, 6) is 0.822. The average molecular weight is 292 g/mol. The molecule has 0 amide bonds. The number of benzene rings is 1. The van der Waals surface area contributed by atoms with E-state index in [1.54, 1.807) is 5.56 Å². The van der Waals surface area contributed by atoms with Gasteiger partial charge in [-0.25, -0.2) is 0 Å². The minimum Gasteiger partial charge on any atom is -0.327 e. The van der Waals surface area contributed by atoms with Gasteiger partial charge in [0, 0.05) is 6.04 Å². The van der Waals surface area contributed by atoms with Gasteiger partial charge in [-0.2, -0.15) is 0 Å². The zero-order chi connectivity index (χ0) is 12.9. The van der Waals surface area contributed by atoms with Crippen LogP contribution in [0.25, 0.3) is 0 Å². The van der Waals surface area contributed by atoms with Crippen molar-refractivity contribution < 1.29 is 0 Å². The minimum absolute atomic E-state index is 0. The molecule has 0 radical (unpaired) electrons. The molecule has 0 aromatic heterocycles. The Balaban J connectivity index is 0.00000121. The van der Waals surface area contributed by atoms with Crippen molar-refractivity contribution >= 4 is 12.4 Å². The Labute approximate surface area is 128 Å². The van der Waals surface area contributed by atoms with Crippen molar-refractivity contribution in [2.75, 3.05) is 0 Å². The summed E-state index contributed by atoms with van der Waals surface area (Å²) in [7, 11) is 0. The first-order chi connectivity index (χ1) is 9.24. The molecular formula is C18H26ClN. The third-order valence-corrected chi connectivity index (χ3v) is 6.32. The lowest BCUT2D eigenvalue weighted by Crippen LogP contribution is -2.72. The van der Waals surface area contributed by atoms with Gasteiger partial charge in [0.2, 0.25) is 0 Å². The molecule has 110 valence electrons. The van der Waals surface area contributed by atoms with Crippen LogP contribution in [0.4, 0.5) is 0 Å². The maximum atomic E-state index is 6.66. The maximum absolute atomic E-state index is 6.66. The molecule has 2 N–H and O–H groups in total. The van der Waals surface area contributed by atoms with Crippen LogP contribution in [-0.2, 0) is 5.41 Å². The summed E-state index contributed by atoms with van der Waals surface area (Å²) in [5.41, 5.74) is 9.27. The van der Waals surface area contributed by atoms with Crippen LogP contribution in [0.1, 0.15) is 56.9 Å². The molecule has 1 nitrogen and oxygen atoms in total. The number of hydrogen-bond acceptors (Lipinski definition) is 1. The second-order valence-electron chi connectivity index (χ2n) is 7.46. The van der Waals surface area contributed by atoms with Gasteiger partial charge in [0.05, 0.1) is 0 Å². The molecule has 2 heteroatoms. The highest BCUT2D eigenvalue weighted by Crippen LogP contribution is 2.75. The normalized spacial score (nSPS) is 37.2. The van der Waals surface area contributed by atoms with E-state index in [0.29, 0.717) is 16.9 Å². The van der Waals surface area contributed by atoms with Crippen molar-refractivity contribution in [3.8, 4) is 0 Å². The van der Waals surface area contributed by atoms with E-state index in [1.165, 1.54) is 51.4 Å². The Morgan fingerprint density at radius 2 is 1.55 bits per heavy atom. The molecule has 1 unspecified atom stereocenters. The summed E-state index contributed by atoms with van der Waals surface area (Å²) in [6, 6.07) is 11.6. The van der Waals surface area contributed by atoms with E-state index in [4.69, 9.17) is 5.73 Å². The van der Waals surface area contributed by atoms with Crippen molar-refractivity contribution in [2.24, 2.45) is 17.1 Å². The number of halogens is 1. The molecule has 1 aromatic carbocycles. The van der Waals surface area contributed by atoms with Crippen LogP contribution in [-0.4, -0.2) is 6.04 Å². The number of nitrogens with two attached hydrogens (primary N) is 1. The Morgan fingerprint density at radius 1 is 0.950 bits per heavy atom. The van der Waals surface area contributed by atoms with E-state index in [1.807, 2.05) is 0 Å². The van der Waals surface area contributed by atoms with E-state index < -0.39 is 0 Å². The highest BCUT2D eigenvalue weighted by molar-refractivity contribution is 5.85. The summed E-state index contributed by atoms with van der Waals surface area (Å²) < 4.78 is 0. The van der Waals surface area contributed by atoms with E-state index in [-0.39, 0.29) is 12.4 Å². The van der Waals surface area contributed by atoms with Gasteiger partial charge >= 0.3 is 0 Å². The fourth-order valence-electron chi connectivity index (χ4n) is 5.31. The first kappa shape index (κ1) is 14.4. The van der Waals surface area contributed by atoms with Crippen molar-refractivity contribution in [3.63, 3.8) is 0 Å². The minimum atomic E-state index is 0. The third-order valence-electron chi connectivity index (χ3n) is 6.32. The molecule has 2 bridgehead atoms. The molecule has 0 saturated heterocycles. The van der Waals surface area contributed by atoms with E-state index in [9.17, 15) is 0 Å². The summed E-state index contributed by atoms with van der Waals surface area (Å²) in [5, 5.41) is 0. The molecule has 0 heterocycles. The predicted molar refractivity (Wildman–Crippen MR) is 86.2 cm³/mol. The molecule has 4 aliphatic rings. The van der Waals surface area contributed by atoms with Crippen LogP contribution in [0, 0.1) is 11.3 Å². The van der Waals surface area contributed by atoms with Gasteiger partial charge in [-0.1, -0.05) is 49.6 Å². The lowest BCUT2D eigenvalue weighted by Gasteiger charge is -2.74. The van der Waals surface area contributed by atoms with Gasteiger partial charge < -0.3 is 5.73 Å². The fraction of sp³-hybridized carbons (Fsp3) is 0.667. The summed E-state index contributed by atoms with van der Waals surface area (Å²) in [4.78, 5) is 0. The van der Waals surface area contributed by atoms with Gasteiger partial charge in [-0.3, -0.25) is 0 Å². The lowest BCUT2D eigenvalue weighted by atomic mass is 9.31. The monoisotopic (exact) mass is 291 g/mol. The second-order valence-corrected chi connectivity index (χ2v) is 7.46. The molecule has 5 rings (SSSR count). The highest BCUT2D eigenvalue weighted by atomic mass is 35.5. The molecular weight excluding hydrogens is 266 g/mol. The summed E-state index contributed by atoms with van der Waals surface area (Å²) in [6.07, 6.45) is 11.1. The van der Waals surface area contributed by atoms with Crippen molar-refractivity contribution in [3.05, 3.63) is 35.9 Å². The first-order valence-electron chi connectivity index (χ1n) is 8.05. The molecule has 1 atom stereocenters. The van der Waals surface area contributed by atoms with Gasteiger partial charge in [0.1, 0.15) is 0 Å². The van der Waals surface area contributed by atoms with Gasteiger partial charge in [-0.15, -0.1) is 12.4 Å². The largest absolute Gasteiger partial charge is 0.327 e.